The summed E-state index contributed by atoms with van der Waals surface area (Å²) in [5, 5.41) is 2.24. The number of pyridine rings is 1. The van der Waals surface area contributed by atoms with Crippen molar-refractivity contribution in [1.29, 1.82) is 0 Å². The summed E-state index contributed by atoms with van der Waals surface area (Å²) in [7, 11) is 0. The zero-order valence-electron chi connectivity index (χ0n) is 25.0. The zero-order valence-corrected chi connectivity index (χ0v) is 25.0. The number of hydrogen-bond donors (Lipinski definition) is 1. The number of imide groups is 2. The fraction of sp³-hybridized carbons (Fsp3) is 0.353. The number of piperidine rings is 1. The molecule has 1 atom stereocenters. The summed E-state index contributed by atoms with van der Waals surface area (Å²) in [6, 6.07) is 12.7. The normalized spacial score (nSPS) is 18.9. The van der Waals surface area contributed by atoms with E-state index >= 15 is 0 Å². The molecular weight excluding hydrogens is 558 g/mol. The van der Waals surface area contributed by atoms with Crippen LogP contribution in [-0.2, 0) is 29.0 Å². The van der Waals surface area contributed by atoms with Crippen molar-refractivity contribution in [1.82, 2.24) is 20.1 Å². The Labute approximate surface area is 256 Å². The molecule has 4 heterocycles. The Bertz CT molecular complexity index is 1680. The Kier molecular flexibility index (Phi) is 8.09. The maximum absolute atomic E-state index is 13.4. The molecule has 1 unspecified atom stereocenters. The Morgan fingerprint density at radius 2 is 1.73 bits per heavy atom. The molecule has 2 fully saturated rings. The van der Waals surface area contributed by atoms with Gasteiger partial charge in [0, 0.05) is 50.9 Å². The molecule has 0 aliphatic carbocycles. The summed E-state index contributed by atoms with van der Waals surface area (Å²) in [5.74, 6) is -1.93. The molecule has 0 saturated carbocycles. The number of aryl methyl sites for hydroxylation is 3. The highest BCUT2D eigenvalue weighted by Gasteiger charge is 2.45. The highest BCUT2D eigenvalue weighted by molar-refractivity contribution is 6.24. The number of fused-ring (bicyclic) bond motifs is 1. The van der Waals surface area contributed by atoms with Crippen LogP contribution in [0.5, 0.6) is 0 Å². The predicted octanol–water partition coefficient (Wildman–Crippen LogP) is 3.10. The quantitative estimate of drug-likeness (QED) is 0.313. The van der Waals surface area contributed by atoms with Gasteiger partial charge in [-0.2, -0.15) is 0 Å². The number of piperazine rings is 1. The van der Waals surface area contributed by atoms with E-state index in [2.05, 4.69) is 45.2 Å². The number of aromatic nitrogens is 1. The molecule has 1 N–H and O–H groups in total. The third kappa shape index (κ3) is 5.77. The van der Waals surface area contributed by atoms with Gasteiger partial charge in [-0.1, -0.05) is 30.3 Å². The van der Waals surface area contributed by atoms with E-state index in [0.29, 0.717) is 29.5 Å². The number of carbonyl (C=O) groups is 5. The zero-order chi connectivity index (χ0) is 31.0. The molecule has 3 aliphatic heterocycles. The van der Waals surface area contributed by atoms with Crippen LogP contribution in [0.4, 0.5) is 5.69 Å². The monoisotopic (exact) mass is 593 g/mol. The van der Waals surface area contributed by atoms with Crippen molar-refractivity contribution >= 4 is 35.1 Å². The molecule has 44 heavy (non-hydrogen) atoms. The van der Waals surface area contributed by atoms with Crippen LogP contribution >= 0.6 is 0 Å². The van der Waals surface area contributed by atoms with Crippen LogP contribution in [-0.4, -0.2) is 76.4 Å². The molecule has 0 radical (unpaired) electrons. The number of rotatable bonds is 8. The van der Waals surface area contributed by atoms with Crippen molar-refractivity contribution in [2.75, 3.05) is 31.1 Å². The molecule has 10 nitrogen and oxygen atoms in total. The van der Waals surface area contributed by atoms with Crippen molar-refractivity contribution in [3.8, 4) is 0 Å². The number of benzene rings is 2. The Morgan fingerprint density at radius 1 is 0.932 bits per heavy atom. The summed E-state index contributed by atoms with van der Waals surface area (Å²) in [4.78, 5) is 72.3. The summed E-state index contributed by atoms with van der Waals surface area (Å²) in [6.45, 7) is 8.08. The third-order valence-corrected chi connectivity index (χ3v) is 8.91. The molecule has 4 amide bonds. The van der Waals surface area contributed by atoms with Crippen LogP contribution in [0.1, 0.15) is 73.1 Å². The lowest BCUT2D eigenvalue weighted by Gasteiger charge is -2.36. The molecule has 2 aromatic carbocycles. The highest BCUT2D eigenvalue weighted by atomic mass is 16.2. The Balaban J connectivity index is 1.07. The first kappa shape index (κ1) is 29.4. The average Bonchev–Trinajstić information content (AvgIpc) is 3.27. The minimum atomic E-state index is -0.971. The number of anilines is 1. The van der Waals surface area contributed by atoms with Crippen molar-refractivity contribution in [3.05, 3.63) is 93.8 Å². The minimum Gasteiger partial charge on any atom is -0.368 e. The van der Waals surface area contributed by atoms with Gasteiger partial charge < -0.3 is 4.90 Å². The molecule has 2 saturated heterocycles. The number of hydrogen-bond acceptors (Lipinski definition) is 8. The molecule has 6 rings (SSSR count). The summed E-state index contributed by atoms with van der Waals surface area (Å²) < 4.78 is 0. The minimum absolute atomic E-state index is 0.0181. The van der Waals surface area contributed by atoms with Crippen LogP contribution in [0.25, 0.3) is 0 Å². The fourth-order valence-electron chi connectivity index (χ4n) is 6.36. The number of amides is 4. The maximum Gasteiger partial charge on any atom is 0.262 e. The van der Waals surface area contributed by atoms with Gasteiger partial charge in [0.2, 0.25) is 11.8 Å². The van der Waals surface area contributed by atoms with Gasteiger partial charge in [0.25, 0.3) is 11.8 Å². The average molecular weight is 594 g/mol. The van der Waals surface area contributed by atoms with E-state index in [-0.39, 0.29) is 18.6 Å². The molecule has 3 aliphatic rings. The lowest BCUT2D eigenvalue weighted by atomic mass is 9.95. The SMILES string of the molecule is CC(=O)c1cncc(N2CCN(Cc3ccc(CCc4cccc5c4C(=O)N(C4CCC(=O)NC4=O)C5=O)cc3C)CC2)c1. The molecule has 226 valence electrons. The van der Waals surface area contributed by atoms with E-state index in [1.54, 1.807) is 25.3 Å². The summed E-state index contributed by atoms with van der Waals surface area (Å²) >= 11 is 0. The number of nitrogens with zero attached hydrogens (tertiary/aromatic N) is 4. The van der Waals surface area contributed by atoms with Gasteiger partial charge in [0.1, 0.15) is 6.04 Å². The van der Waals surface area contributed by atoms with Crippen molar-refractivity contribution in [2.45, 2.75) is 52.1 Å². The van der Waals surface area contributed by atoms with Gasteiger partial charge in [-0.3, -0.25) is 44.1 Å². The molecule has 10 heteroatoms. The van der Waals surface area contributed by atoms with Gasteiger partial charge in [-0.25, -0.2) is 0 Å². The van der Waals surface area contributed by atoms with Gasteiger partial charge >= 0.3 is 0 Å². The molecule has 1 aromatic heterocycles. The fourth-order valence-corrected chi connectivity index (χ4v) is 6.36. The second-order valence-electron chi connectivity index (χ2n) is 11.8. The summed E-state index contributed by atoms with van der Waals surface area (Å²) in [6.07, 6.45) is 4.93. The van der Waals surface area contributed by atoms with Crippen molar-refractivity contribution < 1.29 is 24.0 Å². The third-order valence-electron chi connectivity index (χ3n) is 8.91. The number of carbonyl (C=O) groups excluding carboxylic acids is 5. The second kappa shape index (κ2) is 12.1. The standard InChI is InChI=1S/C34H35N5O5/c1-21-16-23(7-9-25(21)20-37-12-14-38(15-13-37)27-17-26(22(2)40)18-35-19-27)6-8-24-4-3-5-28-31(24)34(44)39(33(28)43)29-10-11-30(41)36-32(29)42/h3-5,7,9,16-19,29H,6,8,10-15,20H2,1-2H3,(H,36,41,42). The lowest BCUT2D eigenvalue weighted by Crippen LogP contribution is -2.54. The Hall–Kier alpha value is -4.70. The topological polar surface area (TPSA) is 120 Å². The smallest absolute Gasteiger partial charge is 0.262 e. The van der Waals surface area contributed by atoms with E-state index in [1.807, 2.05) is 18.3 Å². The number of nitrogens with one attached hydrogen (secondary N) is 1. The highest BCUT2D eigenvalue weighted by Crippen LogP contribution is 2.31. The van der Waals surface area contributed by atoms with E-state index in [4.69, 9.17) is 0 Å². The van der Waals surface area contributed by atoms with E-state index in [1.165, 1.54) is 11.1 Å². The first-order valence-electron chi connectivity index (χ1n) is 15.0. The Morgan fingerprint density at radius 3 is 2.45 bits per heavy atom. The maximum atomic E-state index is 13.4. The second-order valence-corrected chi connectivity index (χ2v) is 11.8. The summed E-state index contributed by atoms with van der Waals surface area (Å²) in [5.41, 5.74) is 6.68. The van der Waals surface area contributed by atoms with Crippen LogP contribution in [0.3, 0.4) is 0 Å². The van der Waals surface area contributed by atoms with Crippen molar-refractivity contribution in [2.24, 2.45) is 0 Å². The lowest BCUT2D eigenvalue weighted by molar-refractivity contribution is -0.136. The predicted molar refractivity (Wildman–Crippen MR) is 163 cm³/mol. The molecule has 0 spiro atoms. The molecule has 3 aromatic rings. The molecule has 0 bridgehead atoms. The van der Waals surface area contributed by atoms with E-state index < -0.39 is 29.7 Å². The van der Waals surface area contributed by atoms with Gasteiger partial charge in [-0.15, -0.1) is 0 Å². The van der Waals surface area contributed by atoms with Crippen molar-refractivity contribution in [3.63, 3.8) is 0 Å². The molecular formula is C34H35N5O5. The first-order valence-corrected chi connectivity index (χ1v) is 15.0. The van der Waals surface area contributed by atoms with Gasteiger partial charge in [0.15, 0.2) is 5.78 Å². The number of ketones is 1. The van der Waals surface area contributed by atoms with Crippen LogP contribution in [0, 0.1) is 6.92 Å². The number of Topliss-reactive ketones (excluding diaryl/α,β-unsaturated/α-hetero) is 1. The van der Waals surface area contributed by atoms with Gasteiger partial charge in [-0.05, 0) is 67.5 Å². The van der Waals surface area contributed by atoms with Crippen LogP contribution in [0.15, 0.2) is 54.9 Å². The van der Waals surface area contributed by atoms with Crippen LogP contribution < -0.4 is 10.2 Å². The first-order chi connectivity index (χ1) is 21.2. The largest absolute Gasteiger partial charge is 0.368 e. The van der Waals surface area contributed by atoms with Gasteiger partial charge in [0.05, 0.1) is 23.0 Å². The van der Waals surface area contributed by atoms with E-state index in [9.17, 15) is 24.0 Å². The van der Waals surface area contributed by atoms with E-state index in [0.717, 1.165) is 54.4 Å². The van der Waals surface area contributed by atoms with Crippen LogP contribution in [0.2, 0.25) is 0 Å².